The molecule has 0 radical (unpaired) electrons. The van der Waals surface area contributed by atoms with Crippen LogP contribution in [0.1, 0.15) is 25.7 Å². The summed E-state index contributed by atoms with van der Waals surface area (Å²) in [5.74, 6) is 0. The molecule has 13 heavy (non-hydrogen) atoms. The maximum absolute atomic E-state index is 11.8. The van der Waals surface area contributed by atoms with Gasteiger partial charge in [-0.25, -0.2) is 8.78 Å². The number of hydrogen-bond donors (Lipinski definition) is 2. The van der Waals surface area contributed by atoms with Crippen molar-refractivity contribution in [1.29, 1.82) is 0 Å². The van der Waals surface area contributed by atoms with Crippen molar-refractivity contribution in [3.63, 3.8) is 0 Å². The Bertz CT molecular complexity index is 123. The van der Waals surface area contributed by atoms with E-state index in [0.29, 0.717) is 12.6 Å². The van der Waals surface area contributed by atoms with Gasteiger partial charge in [0, 0.05) is 19.0 Å². The monoisotopic (exact) mass is 192 g/mol. The fourth-order valence-corrected chi connectivity index (χ4v) is 1.62. The second kappa shape index (κ2) is 6.27. The molecule has 0 aliphatic carbocycles. The summed E-state index contributed by atoms with van der Waals surface area (Å²) in [7, 11) is 0. The Hall–Kier alpha value is -0.220. The Morgan fingerprint density at radius 3 is 2.92 bits per heavy atom. The first-order valence-corrected chi connectivity index (χ1v) is 5.01. The molecule has 1 fully saturated rings. The van der Waals surface area contributed by atoms with Crippen LogP contribution < -0.4 is 10.6 Å². The first-order valence-electron chi connectivity index (χ1n) is 5.01. The van der Waals surface area contributed by atoms with Crippen molar-refractivity contribution in [1.82, 2.24) is 10.6 Å². The van der Waals surface area contributed by atoms with Crippen LogP contribution in [0.4, 0.5) is 8.78 Å². The second-order valence-corrected chi connectivity index (χ2v) is 3.51. The lowest BCUT2D eigenvalue weighted by atomic mass is 10.1. The van der Waals surface area contributed by atoms with Gasteiger partial charge in [-0.15, -0.1) is 0 Å². The minimum atomic E-state index is -2.17. The molecule has 1 saturated heterocycles. The predicted molar refractivity (Wildman–Crippen MR) is 49.1 cm³/mol. The number of rotatable bonds is 4. The van der Waals surface area contributed by atoms with Crippen LogP contribution in [0.5, 0.6) is 0 Å². The first-order chi connectivity index (χ1) is 6.29. The highest BCUT2D eigenvalue weighted by atomic mass is 19.3. The van der Waals surface area contributed by atoms with Crippen molar-refractivity contribution in [3.8, 4) is 0 Å². The minimum Gasteiger partial charge on any atom is -0.317 e. The van der Waals surface area contributed by atoms with Gasteiger partial charge in [0.05, 0.1) is 0 Å². The molecule has 0 spiro atoms. The molecule has 1 rings (SSSR count). The molecular formula is C9H18F2N2. The van der Waals surface area contributed by atoms with Gasteiger partial charge < -0.3 is 10.6 Å². The van der Waals surface area contributed by atoms with Crippen molar-refractivity contribution in [2.24, 2.45) is 0 Å². The average molecular weight is 192 g/mol. The van der Waals surface area contributed by atoms with Crippen molar-refractivity contribution in [2.75, 3.05) is 19.6 Å². The van der Waals surface area contributed by atoms with Gasteiger partial charge in [-0.05, 0) is 32.4 Å². The number of nitrogens with one attached hydrogen (secondary N) is 2. The molecule has 0 amide bonds. The van der Waals surface area contributed by atoms with Crippen molar-refractivity contribution >= 4 is 0 Å². The SMILES string of the molecule is FC(F)CCNC1CCCNCC1. The summed E-state index contributed by atoms with van der Waals surface area (Å²) in [5, 5.41) is 6.46. The molecule has 0 aromatic carbocycles. The van der Waals surface area contributed by atoms with E-state index in [1.807, 2.05) is 0 Å². The fraction of sp³-hybridized carbons (Fsp3) is 1.00. The Balaban J connectivity index is 2.05. The largest absolute Gasteiger partial charge is 0.317 e. The number of hydrogen-bond acceptors (Lipinski definition) is 2. The van der Waals surface area contributed by atoms with Crippen LogP contribution in [0.15, 0.2) is 0 Å². The summed E-state index contributed by atoms with van der Waals surface area (Å²) in [4.78, 5) is 0. The highest BCUT2D eigenvalue weighted by Gasteiger charge is 2.11. The van der Waals surface area contributed by atoms with Crippen LogP contribution in [0, 0.1) is 0 Å². The van der Waals surface area contributed by atoms with Crippen molar-refractivity contribution in [2.45, 2.75) is 38.2 Å². The lowest BCUT2D eigenvalue weighted by Gasteiger charge is -2.15. The third kappa shape index (κ3) is 5.16. The second-order valence-electron chi connectivity index (χ2n) is 3.51. The van der Waals surface area contributed by atoms with Crippen LogP contribution in [0.3, 0.4) is 0 Å². The lowest BCUT2D eigenvalue weighted by Crippen LogP contribution is -2.31. The standard InChI is InChI=1S/C9H18F2N2/c10-9(11)4-7-13-8-2-1-5-12-6-3-8/h8-9,12-13H,1-7H2. The molecule has 0 bridgehead atoms. The lowest BCUT2D eigenvalue weighted by molar-refractivity contribution is 0.136. The molecule has 4 heteroatoms. The Morgan fingerprint density at radius 2 is 2.15 bits per heavy atom. The van der Waals surface area contributed by atoms with E-state index in [-0.39, 0.29) is 6.42 Å². The molecule has 1 aliphatic heterocycles. The number of halogens is 2. The first kappa shape index (κ1) is 10.9. The predicted octanol–water partition coefficient (Wildman–Crippen LogP) is 1.37. The van der Waals surface area contributed by atoms with Gasteiger partial charge in [0.1, 0.15) is 0 Å². The molecule has 1 heterocycles. The zero-order valence-electron chi connectivity index (χ0n) is 7.86. The van der Waals surface area contributed by atoms with E-state index in [2.05, 4.69) is 10.6 Å². The van der Waals surface area contributed by atoms with E-state index in [0.717, 1.165) is 32.4 Å². The van der Waals surface area contributed by atoms with Crippen molar-refractivity contribution in [3.05, 3.63) is 0 Å². The van der Waals surface area contributed by atoms with E-state index >= 15 is 0 Å². The van der Waals surface area contributed by atoms with Gasteiger partial charge in [0.25, 0.3) is 0 Å². The van der Waals surface area contributed by atoms with Gasteiger partial charge in [0.15, 0.2) is 0 Å². The maximum atomic E-state index is 11.8. The fourth-order valence-electron chi connectivity index (χ4n) is 1.62. The summed E-state index contributed by atoms with van der Waals surface area (Å²) >= 11 is 0. The molecule has 0 aromatic heterocycles. The summed E-state index contributed by atoms with van der Waals surface area (Å²) in [6, 6.07) is 0.439. The zero-order chi connectivity index (χ0) is 9.52. The van der Waals surface area contributed by atoms with Crippen LogP contribution in [-0.2, 0) is 0 Å². The summed E-state index contributed by atoms with van der Waals surface area (Å²) in [5.41, 5.74) is 0. The van der Waals surface area contributed by atoms with Gasteiger partial charge in [-0.2, -0.15) is 0 Å². The molecular weight excluding hydrogens is 174 g/mol. The van der Waals surface area contributed by atoms with Gasteiger partial charge in [-0.3, -0.25) is 0 Å². The van der Waals surface area contributed by atoms with Crippen LogP contribution in [0.25, 0.3) is 0 Å². The normalized spacial score (nSPS) is 24.7. The molecule has 0 aromatic rings. The molecule has 78 valence electrons. The van der Waals surface area contributed by atoms with Crippen LogP contribution >= 0.6 is 0 Å². The van der Waals surface area contributed by atoms with E-state index in [4.69, 9.17) is 0 Å². The molecule has 1 atom stereocenters. The summed E-state index contributed by atoms with van der Waals surface area (Å²) in [6.45, 7) is 2.52. The van der Waals surface area contributed by atoms with E-state index in [1.54, 1.807) is 0 Å². The average Bonchev–Trinajstić information content (AvgIpc) is 2.32. The topological polar surface area (TPSA) is 24.1 Å². The van der Waals surface area contributed by atoms with E-state index in [1.165, 1.54) is 0 Å². The number of alkyl halides is 2. The van der Waals surface area contributed by atoms with Gasteiger partial charge >= 0.3 is 0 Å². The zero-order valence-corrected chi connectivity index (χ0v) is 7.86. The Kier molecular flexibility index (Phi) is 5.23. The Morgan fingerprint density at radius 1 is 1.31 bits per heavy atom. The molecule has 0 saturated carbocycles. The summed E-state index contributed by atoms with van der Waals surface area (Å²) < 4.78 is 23.6. The maximum Gasteiger partial charge on any atom is 0.239 e. The van der Waals surface area contributed by atoms with Gasteiger partial charge in [0.2, 0.25) is 6.43 Å². The minimum absolute atomic E-state index is 0.0239. The molecule has 2 N–H and O–H groups in total. The molecule has 1 aliphatic rings. The Labute approximate surface area is 78.1 Å². The quantitative estimate of drug-likeness (QED) is 0.703. The van der Waals surface area contributed by atoms with Crippen LogP contribution in [-0.4, -0.2) is 32.1 Å². The highest BCUT2D eigenvalue weighted by molar-refractivity contribution is 4.72. The van der Waals surface area contributed by atoms with Crippen molar-refractivity contribution < 1.29 is 8.78 Å². The molecule has 1 unspecified atom stereocenters. The van der Waals surface area contributed by atoms with Gasteiger partial charge in [-0.1, -0.05) is 0 Å². The molecule has 2 nitrogen and oxygen atoms in total. The van der Waals surface area contributed by atoms with Crippen LogP contribution in [0.2, 0.25) is 0 Å². The summed E-state index contributed by atoms with van der Waals surface area (Å²) in [6.07, 6.45) is 1.12. The third-order valence-corrected chi connectivity index (χ3v) is 2.37. The third-order valence-electron chi connectivity index (χ3n) is 2.37. The highest BCUT2D eigenvalue weighted by Crippen LogP contribution is 2.05. The smallest absolute Gasteiger partial charge is 0.239 e. The van der Waals surface area contributed by atoms with E-state index < -0.39 is 6.43 Å². The van der Waals surface area contributed by atoms with E-state index in [9.17, 15) is 8.78 Å².